The van der Waals surface area contributed by atoms with Crippen LogP contribution in [0.3, 0.4) is 0 Å². The van der Waals surface area contributed by atoms with Crippen LogP contribution in [-0.2, 0) is 0 Å². The number of benzene rings is 1. The van der Waals surface area contributed by atoms with Gasteiger partial charge >= 0.3 is 0 Å². The minimum absolute atomic E-state index is 0. The highest BCUT2D eigenvalue weighted by atomic mass is 35.5. The van der Waals surface area contributed by atoms with E-state index in [2.05, 4.69) is 10.2 Å². The molecule has 6 heteroatoms. The van der Waals surface area contributed by atoms with Crippen LogP contribution in [0.4, 0.5) is 0 Å². The van der Waals surface area contributed by atoms with Gasteiger partial charge in [0.05, 0.1) is 16.7 Å². The van der Waals surface area contributed by atoms with Gasteiger partial charge in [-0.2, -0.15) is 0 Å². The number of nitrogens with zero attached hydrogens (tertiary/aromatic N) is 1. The van der Waals surface area contributed by atoms with Gasteiger partial charge in [-0.05, 0) is 18.6 Å². The topological polar surface area (TPSA) is 24.5 Å². The van der Waals surface area contributed by atoms with E-state index in [1.807, 2.05) is 6.07 Å². The summed E-state index contributed by atoms with van der Waals surface area (Å²) in [7, 11) is 0. The first kappa shape index (κ1) is 16.9. The van der Waals surface area contributed by atoms with Crippen molar-refractivity contribution in [1.29, 1.82) is 0 Å². The molecule has 0 amide bonds. The lowest BCUT2D eigenvalue weighted by atomic mass is 10.3. The molecule has 1 aromatic carbocycles. The molecule has 3 nitrogen and oxygen atoms in total. The molecule has 2 rings (SSSR count). The van der Waals surface area contributed by atoms with Crippen molar-refractivity contribution in [1.82, 2.24) is 10.2 Å². The Balaban J connectivity index is 0.00000180. The number of nitrogens with one attached hydrogen (secondary N) is 1. The maximum Gasteiger partial charge on any atom is 0.120 e. The summed E-state index contributed by atoms with van der Waals surface area (Å²) >= 11 is 11.8. The van der Waals surface area contributed by atoms with Crippen molar-refractivity contribution in [3.8, 4) is 5.75 Å². The third-order valence-electron chi connectivity index (χ3n) is 2.99. The zero-order chi connectivity index (χ0) is 12.8. The predicted octanol–water partition coefficient (Wildman–Crippen LogP) is 3.09. The smallest absolute Gasteiger partial charge is 0.120 e. The van der Waals surface area contributed by atoms with E-state index in [4.69, 9.17) is 27.9 Å². The SMILES string of the molecule is Cl.Clc1ccc(OCCCN2CCNCC2)cc1Cl. The summed E-state index contributed by atoms with van der Waals surface area (Å²) in [5.74, 6) is 0.782. The Morgan fingerprint density at radius 3 is 2.58 bits per heavy atom. The van der Waals surface area contributed by atoms with E-state index in [-0.39, 0.29) is 12.4 Å². The van der Waals surface area contributed by atoms with Crippen LogP contribution in [0.5, 0.6) is 5.75 Å². The van der Waals surface area contributed by atoms with Crippen molar-refractivity contribution in [2.45, 2.75) is 6.42 Å². The number of rotatable bonds is 5. The maximum atomic E-state index is 5.92. The van der Waals surface area contributed by atoms with Crippen molar-refractivity contribution in [3.05, 3.63) is 28.2 Å². The molecule has 1 saturated heterocycles. The summed E-state index contributed by atoms with van der Waals surface area (Å²) in [5, 5.41) is 4.44. The van der Waals surface area contributed by atoms with E-state index in [0.29, 0.717) is 16.7 Å². The Hall–Kier alpha value is -0.190. The van der Waals surface area contributed by atoms with Crippen molar-refractivity contribution < 1.29 is 4.74 Å². The van der Waals surface area contributed by atoms with E-state index >= 15 is 0 Å². The Morgan fingerprint density at radius 1 is 1.16 bits per heavy atom. The van der Waals surface area contributed by atoms with Gasteiger partial charge in [0.15, 0.2) is 0 Å². The van der Waals surface area contributed by atoms with Crippen LogP contribution in [-0.4, -0.2) is 44.2 Å². The van der Waals surface area contributed by atoms with Crippen LogP contribution in [0, 0.1) is 0 Å². The first-order valence-corrected chi connectivity index (χ1v) is 7.02. The fourth-order valence-electron chi connectivity index (χ4n) is 1.98. The van der Waals surface area contributed by atoms with Crippen molar-refractivity contribution in [2.24, 2.45) is 0 Å². The van der Waals surface area contributed by atoms with Gasteiger partial charge in [-0.25, -0.2) is 0 Å². The summed E-state index contributed by atoms with van der Waals surface area (Å²) < 4.78 is 5.65. The summed E-state index contributed by atoms with van der Waals surface area (Å²) in [6.07, 6.45) is 1.03. The van der Waals surface area contributed by atoms with Crippen LogP contribution < -0.4 is 10.1 Å². The second-order valence-electron chi connectivity index (χ2n) is 4.37. The molecule has 0 unspecified atom stereocenters. The van der Waals surface area contributed by atoms with E-state index < -0.39 is 0 Å². The molecular weight excluding hydrogens is 307 g/mol. The highest BCUT2D eigenvalue weighted by Gasteiger charge is 2.08. The molecule has 19 heavy (non-hydrogen) atoms. The highest BCUT2D eigenvalue weighted by Crippen LogP contribution is 2.26. The number of hydrogen-bond donors (Lipinski definition) is 1. The molecule has 108 valence electrons. The van der Waals surface area contributed by atoms with E-state index in [0.717, 1.165) is 44.9 Å². The third-order valence-corrected chi connectivity index (χ3v) is 3.73. The molecule has 0 atom stereocenters. The van der Waals surface area contributed by atoms with Crippen LogP contribution in [0.2, 0.25) is 10.0 Å². The molecule has 1 heterocycles. The normalized spacial score (nSPS) is 15.9. The summed E-state index contributed by atoms with van der Waals surface area (Å²) in [6, 6.07) is 5.36. The summed E-state index contributed by atoms with van der Waals surface area (Å²) in [5.41, 5.74) is 0. The van der Waals surface area contributed by atoms with Gasteiger partial charge in [-0.3, -0.25) is 0 Å². The lowest BCUT2D eigenvalue weighted by Crippen LogP contribution is -2.43. The van der Waals surface area contributed by atoms with Gasteiger partial charge in [-0.1, -0.05) is 23.2 Å². The van der Waals surface area contributed by atoms with Gasteiger partial charge in [0.25, 0.3) is 0 Å². The average Bonchev–Trinajstić information content (AvgIpc) is 2.40. The third kappa shape index (κ3) is 5.76. The summed E-state index contributed by atoms with van der Waals surface area (Å²) in [6.45, 7) is 6.24. The first-order valence-electron chi connectivity index (χ1n) is 6.26. The molecule has 1 aliphatic heterocycles. The molecule has 0 radical (unpaired) electrons. The predicted molar refractivity (Wildman–Crippen MR) is 83.1 cm³/mol. The quantitative estimate of drug-likeness (QED) is 0.842. The molecule has 0 aromatic heterocycles. The van der Waals surface area contributed by atoms with Crippen LogP contribution in [0.25, 0.3) is 0 Å². The lowest BCUT2D eigenvalue weighted by molar-refractivity contribution is 0.214. The standard InChI is InChI=1S/C13H18Cl2N2O.ClH/c14-12-3-2-11(10-13(12)15)18-9-1-6-17-7-4-16-5-8-17;/h2-3,10,16H,1,4-9H2;1H. The van der Waals surface area contributed by atoms with E-state index in [1.165, 1.54) is 0 Å². The fourth-order valence-corrected chi connectivity index (χ4v) is 2.27. The Kier molecular flexibility index (Phi) is 7.88. The molecule has 0 aliphatic carbocycles. The largest absolute Gasteiger partial charge is 0.493 e. The monoisotopic (exact) mass is 324 g/mol. The molecule has 0 spiro atoms. The Morgan fingerprint density at radius 2 is 1.89 bits per heavy atom. The zero-order valence-electron chi connectivity index (χ0n) is 10.7. The van der Waals surface area contributed by atoms with Gasteiger partial charge in [0.1, 0.15) is 5.75 Å². The second-order valence-corrected chi connectivity index (χ2v) is 5.18. The molecule has 1 N–H and O–H groups in total. The summed E-state index contributed by atoms with van der Waals surface area (Å²) in [4.78, 5) is 2.45. The van der Waals surface area contributed by atoms with Gasteiger partial charge in [0.2, 0.25) is 0 Å². The second kappa shape index (κ2) is 8.88. The van der Waals surface area contributed by atoms with Crippen molar-refractivity contribution >= 4 is 35.6 Å². The van der Waals surface area contributed by atoms with Crippen molar-refractivity contribution in [2.75, 3.05) is 39.3 Å². The van der Waals surface area contributed by atoms with Crippen LogP contribution >= 0.6 is 35.6 Å². The molecule has 0 saturated carbocycles. The van der Waals surface area contributed by atoms with Crippen LogP contribution in [0.15, 0.2) is 18.2 Å². The average molecular weight is 326 g/mol. The maximum absolute atomic E-state index is 5.92. The highest BCUT2D eigenvalue weighted by molar-refractivity contribution is 6.42. The molecule has 1 aromatic rings. The van der Waals surface area contributed by atoms with Gasteiger partial charge < -0.3 is 15.0 Å². The Bertz CT molecular complexity index is 384. The number of hydrogen-bond acceptors (Lipinski definition) is 3. The number of piperazine rings is 1. The van der Waals surface area contributed by atoms with Crippen LogP contribution in [0.1, 0.15) is 6.42 Å². The number of ether oxygens (including phenoxy) is 1. The minimum Gasteiger partial charge on any atom is -0.493 e. The zero-order valence-corrected chi connectivity index (χ0v) is 13.0. The molecule has 0 bridgehead atoms. The minimum atomic E-state index is 0. The number of halogens is 3. The fraction of sp³-hybridized carbons (Fsp3) is 0.538. The lowest BCUT2D eigenvalue weighted by Gasteiger charge is -2.26. The van der Waals surface area contributed by atoms with Crippen molar-refractivity contribution in [3.63, 3.8) is 0 Å². The first-order chi connectivity index (χ1) is 8.75. The van der Waals surface area contributed by atoms with Gasteiger partial charge in [-0.15, -0.1) is 12.4 Å². The van der Waals surface area contributed by atoms with Gasteiger partial charge in [0, 0.05) is 38.8 Å². The molecule has 1 aliphatic rings. The molecule has 1 fully saturated rings. The van der Waals surface area contributed by atoms with E-state index in [9.17, 15) is 0 Å². The molecular formula is C13H19Cl3N2O. The Labute approximate surface area is 130 Å². The van der Waals surface area contributed by atoms with E-state index in [1.54, 1.807) is 12.1 Å².